The maximum absolute atomic E-state index is 12.0. The van der Waals surface area contributed by atoms with E-state index in [1.807, 2.05) is 36.4 Å². The molecule has 4 heteroatoms. The third kappa shape index (κ3) is 4.85. The molecule has 108 valence electrons. The second kappa shape index (κ2) is 7.76. The van der Waals surface area contributed by atoms with Crippen LogP contribution in [0.25, 0.3) is 6.08 Å². The van der Waals surface area contributed by atoms with Crippen LogP contribution in [-0.2, 0) is 4.74 Å². The van der Waals surface area contributed by atoms with Crippen LogP contribution in [0.2, 0.25) is 0 Å². The number of hydrogen-bond acceptors (Lipinski definition) is 3. The maximum Gasteiger partial charge on any atom is 0.188 e. The van der Waals surface area contributed by atoms with Crippen molar-refractivity contribution >= 4 is 27.8 Å². The quantitative estimate of drug-likeness (QED) is 0.443. The van der Waals surface area contributed by atoms with Crippen molar-refractivity contribution in [3.05, 3.63) is 70.2 Å². The van der Waals surface area contributed by atoms with Crippen LogP contribution in [0, 0.1) is 0 Å². The lowest BCUT2D eigenvalue weighted by atomic mass is 10.1. The summed E-state index contributed by atoms with van der Waals surface area (Å²) < 4.78 is 11.1. The number of carbonyl (C=O) groups excluding carboxylic acids is 1. The average molecular weight is 347 g/mol. The molecule has 0 aliphatic carbocycles. The Balaban J connectivity index is 2.00. The Morgan fingerprint density at radius 1 is 1.10 bits per heavy atom. The van der Waals surface area contributed by atoms with Gasteiger partial charge >= 0.3 is 0 Å². The molecule has 0 fully saturated rings. The molecule has 0 aliphatic rings. The average Bonchev–Trinajstić information content (AvgIpc) is 2.52. The van der Waals surface area contributed by atoms with Crippen molar-refractivity contribution in [3.63, 3.8) is 0 Å². The van der Waals surface area contributed by atoms with Gasteiger partial charge in [-0.1, -0.05) is 34.1 Å². The summed E-state index contributed by atoms with van der Waals surface area (Å²) in [7, 11) is 1.57. The first-order valence-electron chi connectivity index (χ1n) is 6.39. The number of allylic oxidation sites excluding steroid dienone is 1. The van der Waals surface area contributed by atoms with Gasteiger partial charge in [-0.15, -0.1) is 0 Å². The van der Waals surface area contributed by atoms with Gasteiger partial charge in [-0.25, -0.2) is 0 Å². The molecule has 3 nitrogen and oxygen atoms in total. The predicted octanol–water partition coefficient (Wildman–Crippen LogP) is 4.33. The molecule has 0 bridgehead atoms. The van der Waals surface area contributed by atoms with Crippen LogP contribution in [-0.4, -0.2) is 19.7 Å². The highest BCUT2D eigenvalue weighted by molar-refractivity contribution is 9.10. The number of rotatable bonds is 6. The summed E-state index contributed by atoms with van der Waals surface area (Å²) in [6, 6.07) is 14.7. The van der Waals surface area contributed by atoms with E-state index in [1.54, 1.807) is 31.4 Å². The summed E-state index contributed by atoms with van der Waals surface area (Å²) in [6.07, 6.45) is 3.35. The second-order valence-electron chi connectivity index (χ2n) is 4.32. The molecule has 0 saturated carbocycles. The number of ketones is 1. The zero-order valence-corrected chi connectivity index (χ0v) is 13.2. The highest BCUT2D eigenvalue weighted by Gasteiger charge is 2.01. The minimum absolute atomic E-state index is 0.0257. The van der Waals surface area contributed by atoms with Crippen LogP contribution in [0.3, 0.4) is 0 Å². The molecule has 2 aromatic carbocycles. The van der Waals surface area contributed by atoms with Crippen LogP contribution in [0.5, 0.6) is 5.75 Å². The molecule has 0 aromatic heterocycles. The van der Waals surface area contributed by atoms with E-state index in [0.717, 1.165) is 15.8 Å². The molecule has 2 rings (SSSR count). The fraction of sp³-hybridized carbons (Fsp3) is 0.118. The normalized spacial score (nSPS) is 10.8. The zero-order chi connectivity index (χ0) is 15.1. The SMILES string of the molecule is COCOc1ccc(/C=C/C(=O)c2ccc(Br)cc2)cc1. The molecular weight excluding hydrogens is 332 g/mol. The number of methoxy groups -OCH3 is 1. The van der Waals surface area contributed by atoms with Gasteiger partial charge in [0.05, 0.1) is 0 Å². The van der Waals surface area contributed by atoms with Crippen LogP contribution < -0.4 is 4.74 Å². The fourth-order valence-electron chi connectivity index (χ4n) is 1.68. The van der Waals surface area contributed by atoms with Gasteiger partial charge in [0, 0.05) is 17.1 Å². The Morgan fingerprint density at radius 2 is 1.76 bits per heavy atom. The van der Waals surface area contributed by atoms with Gasteiger partial charge < -0.3 is 9.47 Å². The maximum atomic E-state index is 12.0. The van der Waals surface area contributed by atoms with Crippen molar-refractivity contribution in [1.29, 1.82) is 0 Å². The number of hydrogen-bond donors (Lipinski definition) is 0. The molecule has 0 heterocycles. The van der Waals surface area contributed by atoms with Crippen molar-refractivity contribution in [2.45, 2.75) is 0 Å². The third-order valence-electron chi connectivity index (χ3n) is 2.78. The highest BCUT2D eigenvalue weighted by Crippen LogP contribution is 2.14. The summed E-state index contributed by atoms with van der Waals surface area (Å²) in [4.78, 5) is 12.0. The number of carbonyl (C=O) groups is 1. The van der Waals surface area contributed by atoms with E-state index in [2.05, 4.69) is 15.9 Å². The van der Waals surface area contributed by atoms with Gasteiger partial charge in [-0.2, -0.15) is 0 Å². The lowest BCUT2D eigenvalue weighted by Crippen LogP contribution is -1.98. The highest BCUT2D eigenvalue weighted by atomic mass is 79.9. The van der Waals surface area contributed by atoms with Crippen molar-refractivity contribution < 1.29 is 14.3 Å². The summed E-state index contributed by atoms with van der Waals surface area (Å²) >= 11 is 3.34. The Labute approximate surface area is 132 Å². The lowest BCUT2D eigenvalue weighted by Gasteiger charge is -2.04. The smallest absolute Gasteiger partial charge is 0.188 e. The Morgan fingerprint density at radius 3 is 2.38 bits per heavy atom. The summed E-state index contributed by atoms with van der Waals surface area (Å²) in [5.41, 5.74) is 1.60. The first-order valence-corrected chi connectivity index (χ1v) is 7.18. The van der Waals surface area contributed by atoms with Gasteiger partial charge in [-0.3, -0.25) is 4.79 Å². The molecule has 21 heavy (non-hydrogen) atoms. The van der Waals surface area contributed by atoms with E-state index in [0.29, 0.717) is 5.56 Å². The summed E-state index contributed by atoms with van der Waals surface area (Å²) in [5.74, 6) is 0.704. The molecule has 0 atom stereocenters. The third-order valence-corrected chi connectivity index (χ3v) is 3.31. The molecule has 0 N–H and O–H groups in total. The number of halogens is 1. The molecular formula is C17H15BrO3. The Kier molecular flexibility index (Phi) is 5.72. The molecule has 2 aromatic rings. The predicted molar refractivity (Wildman–Crippen MR) is 86.5 cm³/mol. The Hall–Kier alpha value is -1.91. The van der Waals surface area contributed by atoms with Gasteiger partial charge in [0.15, 0.2) is 12.6 Å². The van der Waals surface area contributed by atoms with Crippen LogP contribution in [0.15, 0.2) is 59.1 Å². The standard InChI is InChI=1S/C17H15BrO3/c1-20-12-21-16-9-2-13(3-10-16)4-11-17(19)14-5-7-15(18)8-6-14/h2-11H,12H2,1H3/b11-4+. The van der Waals surface area contributed by atoms with Crippen LogP contribution in [0.4, 0.5) is 0 Å². The number of ether oxygens (including phenoxy) is 2. The van der Waals surface area contributed by atoms with Gasteiger partial charge in [0.2, 0.25) is 0 Å². The largest absolute Gasteiger partial charge is 0.468 e. The van der Waals surface area contributed by atoms with E-state index in [-0.39, 0.29) is 12.6 Å². The topological polar surface area (TPSA) is 35.5 Å². The monoisotopic (exact) mass is 346 g/mol. The van der Waals surface area contributed by atoms with Crippen molar-refractivity contribution in [3.8, 4) is 5.75 Å². The van der Waals surface area contributed by atoms with Gasteiger partial charge in [0.25, 0.3) is 0 Å². The van der Waals surface area contributed by atoms with Crippen molar-refractivity contribution in [2.75, 3.05) is 13.9 Å². The molecule has 0 saturated heterocycles. The van der Waals surface area contributed by atoms with Crippen molar-refractivity contribution in [1.82, 2.24) is 0 Å². The van der Waals surface area contributed by atoms with E-state index >= 15 is 0 Å². The second-order valence-corrected chi connectivity index (χ2v) is 5.24. The van der Waals surface area contributed by atoms with E-state index in [4.69, 9.17) is 9.47 Å². The minimum atomic E-state index is -0.0257. The van der Waals surface area contributed by atoms with E-state index in [9.17, 15) is 4.79 Å². The Bertz CT molecular complexity index is 615. The molecule has 0 amide bonds. The summed E-state index contributed by atoms with van der Waals surface area (Å²) in [6.45, 7) is 0.219. The zero-order valence-electron chi connectivity index (χ0n) is 11.6. The first-order chi connectivity index (χ1) is 10.2. The lowest BCUT2D eigenvalue weighted by molar-refractivity contribution is 0.0511. The van der Waals surface area contributed by atoms with Crippen molar-refractivity contribution in [2.24, 2.45) is 0 Å². The minimum Gasteiger partial charge on any atom is -0.468 e. The van der Waals surface area contributed by atoms with Gasteiger partial charge in [-0.05, 0) is 48.0 Å². The van der Waals surface area contributed by atoms with Gasteiger partial charge in [0.1, 0.15) is 5.75 Å². The molecule has 0 spiro atoms. The molecule has 0 unspecified atom stereocenters. The first kappa shape index (κ1) is 15.5. The molecule has 0 aliphatic heterocycles. The van der Waals surface area contributed by atoms with Crippen LogP contribution >= 0.6 is 15.9 Å². The number of benzene rings is 2. The van der Waals surface area contributed by atoms with E-state index < -0.39 is 0 Å². The fourth-order valence-corrected chi connectivity index (χ4v) is 1.95. The summed E-state index contributed by atoms with van der Waals surface area (Å²) in [5, 5.41) is 0. The van der Waals surface area contributed by atoms with Crippen LogP contribution in [0.1, 0.15) is 15.9 Å². The molecule has 0 radical (unpaired) electrons. The van der Waals surface area contributed by atoms with E-state index in [1.165, 1.54) is 0 Å².